The Balaban J connectivity index is 1.47. The van der Waals surface area contributed by atoms with Gasteiger partial charge in [-0.25, -0.2) is 9.78 Å². The van der Waals surface area contributed by atoms with Crippen LogP contribution in [0, 0.1) is 0 Å². The van der Waals surface area contributed by atoms with E-state index in [1.54, 1.807) is 23.8 Å². The molecule has 146 valence electrons. The highest BCUT2D eigenvalue weighted by Crippen LogP contribution is 2.31. The van der Waals surface area contributed by atoms with Gasteiger partial charge in [-0.15, -0.1) is 11.3 Å². The summed E-state index contributed by atoms with van der Waals surface area (Å²) < 4.78 is 11.3. The molecule has 1 amide bonds. The lowest BCUT2D eigenvalue weighted by Crippen LogP contribution is -2.16. The number of benzene rings is 1. The molecule has 4 rings (SSSR count). The van der Waals surface area contributed by atoms with Crippen LogP contribution in [0.25, 0.3) is 5.76 Å². The van der Waals surface area contributed by atoms with Crippen LogP contribution < -0.4 is 5.32 Å². The molecule has 2 aromatic rings. The Bertz CT molecular complexity index is 1090. The minimum atomic E-state index is -1.17. The van der Waals surface area contributed by atoms with E-state index in [9.17, 15) is 14.7 Å². The van der Waals surface area contributed by atoms with Crippen LogP contribution in [0.5, 0.6) is 0 Å². The summed E-state index contributed by atoms with van der Waals surface area (Å²) in [6.07, 6.45) is 10.8. The van der Waals surface area contributed by atoms with Gasteiger partial charge in [0.25, 0.3) is 5.91 Å². The van der Waals surface area contributed by atoms with E-state index in [1.807, 2.05) is 12.2 Å². The first-order valence-electron chi connectivity index (χ1n) is 8.81. The number of rotatable bonds is 5. The Morgan fingerprint density at radius 3 is 2.69 bits per heavy atom. The summed E-state index contributed by atoms with van der Waals surface area (Å²) in [5, 5.41) is 13.9. The molecular weight excluding hydrogens is 392 g/mol. The lowest BCUT2D eigenvalue weighted by atomic mass is 10.0. The van der Waals surface area contributed by atoms with E-state index < -0.39 is 11.9 Å². The number of carbonyl (C=O) groups excluding carboxylic acids is 1. The molecule has 1 aliphatic heterocycles. The van der Waals surface area contributed by atoms with Gasteiger partial charge in [-0.2, -0.15) is 0 Å². The normalized spacial score (nSPS) is 15.4. The molecule has 0 atom stereocenters. The second-order valence-corrected chi connectivity index (χ2v) is 7.06. The van der Waals surface area contributed by atoms with Gasteiger partial charge in [0.2, 0.25) is 0 Å². The number of ether oxygens (including phenoxy) is 2. The number of carboxylic acids is 1. The topological polar surface area (TPSA) is 97.8 Å². The van der Waals surface area contributed by atoms with E-state index in [0.29, 0.717) is 22.3 Å². The van der Waals surface area contributed by atoms with Crippen molar-refractivity contribution in [3.63, 3.8) is 0 Å². The number of thiazole rings is 1. The number of nitrogens with zero attached hydrogens (tertiary/aromatic N) is 1. The third-order valence-corrected chi connectivity index (χ3v) is 5.04. The van der Waals surface area contributed by atoms with Crippen molar-refractivity contribution in [2.45, 2.75) is 12.8 Å². The molecule has 1 aliphatic carbocycles. The lowest BCUT2D eigenvalue weighted by molar-refractivity contribution is 0.0692. The number of aromatic carboxylic acids is 1. The number of carboxylic acid groups (broad SMARTS) is 1. The standard InChI is InChI=1S/C21H16N2O5S/c24-19(14-8-4-5-9-15(14)20(25)26)23-21-22-16(12-29-21)18-11-27-10-17(28-18)13-6-2-1-3-7-13/h1-2,4-6,8-12H,3,7H2,(H,25,26)(H,22,23,24). The number of allylic oxidation sites excluding steroid dienone is 4. The van der Waals surface area contributed by atoms with Crippen LogP contribution in [0.3, 0.4) is 0 Å². The van der Waals surface area contributed by atoms with Crippen LogP contribution in [-0.2, 0) is 9.47 Å². The van der Waals surface area contributed by atoms with E-state index >= 15 is 0 Å². The highest BCUT2D eigenvalue weighted by Gasteiger charge is 2.20. The predicted octanol–water partition coefficient (Wildman–Crippen LogP) is 4.56. The number of hydrogen-bond donors (Lipinski definition) is 2. The van der Waals surface area contributed by atoms with Crippen molar-refractivity contribution in [2.24, 2.45) is 0 Å². The zero-order chi connectivity index (χ0) is 20.2. The van der Waals surface area contributed by atoms with Crippen molar-refractivity contribution in [2.75, 3.05) is 5.32 Å². The molecule has 1 aromatic carbocycles. The Morgan fingerprint density at radius 1 is 1.14 bits per heavy atom. The molecule has 8 heteroatoms. The summed E-state index contributed by atoms with van der Waals surface area (Å²) in [5.41, 5.74) is 1.54. The van der Waals surface area contributed by atoms with Gasteiger partial charge in [0, 0.05) is 5.38 Å². The lowest BCUT2D eigenvalue weighted by Gasteiger charge is -2.18. The van der Waals surface area contributed by atoms with Crippen LogP contribution in [-0.4, -0.2) is 22.0 Å². The van der Waals surface area contributed by atoms with E-state index in [1.165, 1.54) is 29.7 Å². The Labute approximate surface area is 170 Å². The minimum Gasteiger partial charge on any atom is -0.478 e. The second kappa shape index (κ2) is 8.15. The largest absolute Gasteiger partial charge is 0.478 e. The van der Waals surface area contributed by atoms with E-state index in [2.05, 4.69) is 16.4 Å². The average molecular weight is 408 g/mol. The van der Waals surface area contributed by atoms with Gasteiger partial charge in [0.15, 0.2) is 16.6 Å². The fraction of sp³-hybridized carbons (Fsp3) is 0.0952. The van der Waals surface area contributed by atoms with Crippen LogP contribution in [0.15, 0.2) is 71.7 Å². The summed E-state index contributed by atoms with van der Waals surface area (Å²) in [6.45, 7) is 0. The maximum atomic E-state index is 12.5. The second-order valence-electron chi connectivity index (χ2n) is 6.20. The summed E-state index contributed by atoms with van der Waals surface area (Å²) in [7, 11) is 0. The van der Waals surface area contributed by atoms with Gasteiger partial charge in [-0.1, -0.05) is 30.4 Å². The van der Waals surface area contributed by atoms with Gasteiger partial charge >= 0.3 is 5.97 Å². The molecule has 0 saturated carbocycles. The van der Waals surface area contributed by atoms with E-state index in [4.69, 9.17) is 9.47 Å². The maximum absolute atomic E-state index is 12.5. The zero-order valence-electron chi connectivity index (χ0n) is 15.1. The minimum absolute atomic E-state index is 0.0655. The highest BCUT2D eigenvalue weighted by atomic mass is 32.1. The molecule has 1 aromatic heterocycles. The van der Waals surface area contributed by atoms with Crippen LogP contribution >= 0.6 is 11.3 Å². The quantitative estimate of drug-likeness (QED) is 0.753. The first-order valence-corrected chi connectivity index (χ1v) is 9.69. The molecule has 29 heavy (non-hydrogen) atoms. The van der Waals surface area contributed by atoms with Gasteiger partial charge in [0.1, 0.15) is 18.2 Å². The molecule has 7 nitrogen and oxygen atoms in total. The average Bonchev–Trinajstić information content (AvgIpc) is 3.23. The number of anilines is 1. The molecule has 0 spiro atoms. The summed E-state index contributed by atoms with van der Waals surface area (Å²) in [5.74, 6) is -0.653. The fourth-order valence-corrected chi connectivity index (χ4v) is 3.56. The van der Waals surface area contributed by atoms with Crippen molar-refractivity contribution < 1.29 is 24.2 Å². The Kier molecular flexibility index (Phi) is 5.26. The van der Waals surface area contributed by atoms with Crippen molar-refractivity contribution in [1.82, 2.24) is 4.98 Å². The number of aromatic nitrogens is 1. The SMILES string of the molecule is O=C(O)c1ccccc1C(=O)Nc1nc(C2=COC=C(C3=CC=CCC3)O2)cs1. The van der Waals surface area contributed by atoms with Gasteiger partial charge in [-0.05, 0) is 30.5 Å². The number of amides is 1. The summed E-state index contributed by atoms with van der Waals surface area (Å²) in [4.78, 5) is 28.1. The molecular formula is C21H16N2O5S. The molecule has 2 aliphatic rings. The molecule has 2 N–H and O–H groups in total. The van der Waals surface area contributed by atoms with Gasteiger partial charge < -0.3 is 14.6 Å². The molecule has 0 bridgehead atoms. The van der Waals surface area contributed by atoms with Crippen LogP contribution in [0.1, 0.15) is 39.3 Å². The highest BCUT2D eigenvalue weighted by molar-refractivity contribution is 7.14. The smallest absolute Gasteiger partial charge is 0.336 e. The summed E-state index contributed by atoms with van der Waals surface area (Å²) >= 11 is 1.21. The molecule has 2 heterocycles. The first-order chi connectivity index (χ1) is 14.1. The third-order valence-electron chi connectivity index (χ3n) is 4.28. The summed E-state index contributed by atoms with van der Waals surface area (Å²) in [6, 6.07) is 6.01. The number of hydrogen-bond acceptors (Lipinski definition) is 6. The van der Waals surface area contributed by atoms with Crippen LogP contribution in [0.2, 0.25) is 0 Å². The van der Waals surface area contributed by atoms with Crippen molar-refractivity contribution in [1.29, 1.82) is 0 Å². The van der Waals surface area contributed by atoms with Crippen LogP contribution in [0.4, 0.5) is 5.13 Å². The number of nitrogens with one attached hydrogen (secondary N) is 1. The van der Waals surface area contributed by atoms with E-state index in [-0.39, 0.29) is 11.1 Å². The molecule has 0 saturated heterocycles. The zero-order valence-corrected chi connectivity index (χ0v) is 15.9. The number of carbonyl (C=O) groups is 2. The van der Waals surface area contributed by atoms with Gasteiger partial charge in [0.05, 0.1) is 11.1 Å². The van der Waals surface area contributed by atoms with Crippen molar-refractivity contribution >= 4 is 34.1 Å². The monoisotopic (exact) mass is 408 g/mol. The first kappa shape index (κ1) is 18.7. The fourth-order valence-electron chi connectivity index (χ4n) is 2.86. The molecule has 0 unspecified atom stereocenters. The predicted molar refractivity (Wildman–Crippen MR) is 108 cm³/mol. The van der Waals surface area contributed by atoms with Crippen molar-refractivity contribution in [3.05, 3.63) is 88.6 Å². The maximum Gasteiger partial charge on any atom is 0.336 e. The van der Waals surface area contributed by atoms with Gasteiger partial charge in [-0.3, -0.25) is 10.1 Å². The van der Waals surface area contributed by atoms with E-state index in [0.717, 1.165) is 18.4 Å². The Hall–Kier alpha value is -3.65. The molecule has 0 fully saturated rings. The third kappa shape index (κ3) is 4.12. The Morgan fingerprint density at radius 2 is 1.93 bits per heavy atom. The van der Waals surface area contributed by atoms with Crippen molar-refractivity contribution in [3.8, 4) is 0 Å². The molecule has 0 radical (unpaired) electrons.